The molecule has 0 fully saturated rings. The third-order valence-electron chi connectivity index (χ3n) is 7.71. The summed E-state index contributed by atoms with van der Waals surface area (Å²) in [6.45, 7) is 7.28. The van der Waals surface area contributed by atoms with Gasteiger partial charge >= 0.3 is 0 Å². The SMILES string of the molecule is CC[C@@H](C)NC(=O)[C@@H](Cc1ccccc1)N(Cc1ccccc1)C(=O)CN(c1cc(C)ccc1C)S(=O)(=O)c1ccccc1. The predicted octanol–water partition coefficient (Wildman–Crippen LogP) is 6.05. The smallest absolute Gasteiger partial charge is 0.264 e. The van der Waals surface area contributed by atoms with Gasteiger partial charge in [0, 0.05) is 19.0 Å². The highest BCUT2D eigenvalue weighted by molar-refractivity contribution is 7.92. The summed E-state index contributed by atoms with van der Waals surface area (Å²) in [7, 11) is -4.14. The Bertz CT molecular complexity index is 1650. The topological polar surface area (TPSA) is 86.8 Å². The van der Waals surface area contributed by atoms with Crippen molar-refractivity contribution in [3.05, 3.63) is 131 Å². The first-order valence-corrected chi connectivity index (χ1v) is 16.4. The van der Waals surface area contributed by atoms with Gasteiger partial charge in [-0.3, -0.25) is 13.9 Å². The number of hydrogen-bond donors (Lipinski definition) is 1. The molecule has 230 valence electrons. The van der Waals surface area contributed by atoms with Gasteiger partial charge in [0.05, 0.1) is 10.6 Å². The van der Waals surface area contributed by atoms with Gasteiger partial charge in [0.1, 0.15) is 12.6 Å². The molecule has 0 radical (unpaired) electrons. The zero-order chi connectivity index (χ0) is 31.7. The fraction of sp³-hybridized carbons (Fsp3) is 0.278. The number of hydrogen-bond acceptors (Lipinski definition) is 4. The number of carbonyl (C=O) groups excluding carboxylic acids is 2. The first-order chi connectivity index (χ1) is 21.1. The Hall–Kier alpha value is -4.43. The van der Waals surface area contributed by atoms with Crippen molar-refractivity contribution in [1.29, 1.82) is 0 Å². The molecule has 0 bridgehead atoms. The monoisotopic (exact) mass is 611 g/mol. The summed E-state index contributed by atoms with van der Waals surface area (Å²) in [5, 5.41) is 3.06. The molecule has 0 heterocycles. The molecule has 7 nitrogen and oxygen atoms in total. The third kappa shape index (κ3) is 8.14. The van der Waals surface area contributed by atoms with Crippen LogP contribution in [0.5, 0.6) is 0 Å². The number of amides is 2. The minimum absolute atomic E-state index is 0.0821. The van der Waals surface area contributed by atoms with E-state index in [-0.39, 0.29) is 29.8 Å². The number of carbonyl (C=O) groups is 2. The van der Waals surface area contributed by atoms with Crippen LogP contribution in [-0.2, 0) is 32.6 Å². The summed E-state index contributed by atoms with van der Waals surface area (Å²) in [5.74, 6) is -0.758. The van der Waals surface area contributed by atoms with Crippen LogP contribution in [0.1, 0.15) is 42.5 Å². The summed E-state index contributed by atoms with van der Waals surface area (Å²) in [6.07, 6.45) is 1.00. The summed E-state index contributed by atoms with van der Waals surface area (Å²) in [6, 6.07) is 31.7. The van der Waals surface area contributed by atoms with Gasteiger partial charge in [-0.1, -0.05) is 97.9 Å². The molecule has 4 aromatic rings. The molecule has 0 aromatic heterocycles. The second kappa shape index (κ2) is 14.8. The van der Waals surface area contributed by atoms with Gasteiger partial charge in [-0.05, 0) is 67.6 Å². The van der Waals surface area contributed by atoms with Crippen molar-refractivity contribution in [1.82, 2.24) is 10.2 Å². The number of nitrogens with zero attached hydrogens (tertiary/aromatic N) is 2. The van der Waals surface area contributed by atoms with Crippen LogP contribution in [0.4, 0.5) is 5.69 Å². The molecule has 44 heavy (non-hydrogen) atoms. The molecule has 8 heteroatoms. The highest BCUT2D eigenvalue weighted by atomic mass is 32.2. The molecular formula is C36H41N3O4S. The number of sulfonamides is 1. The maximum Gasteiger partial charge on any atom is 0.264 e. The Kier molecular flexibility index (Phi) is 11.0. The van der Waals surface area contributed by atoms with Crippen molar-refractivity contribution in [3.8, 4) is 0 Å². The van der Waals surface area contributed by atoms with Crippen LogP contribution in [0, 0.1) is 13.8 Å². The Morgan fingerprint density at radius 1 is 0.795 bits per heavy atom. The maximum absolute atomic E-state index is 14.5. The highest BCUT2D eigenvalue weighted by Crippen LogP contribution is 2.29. The van der Waals surface area contributed by atoms with Gasteiger partial charge in [-0.25, -0.2) is 8.42 Å². The van der Waals surface area contributed by atoms with E-state index in [2.05, 4.69) is 5.32 Å². The summed E-state index contributed by atoms with van der Waals surface area (Å²) in [5.41, 5.74) is 3.73. The fourth-order valence-corrected chi connectivity index (χ4v) is 6.49. The quantitative estimate of drug-likeness (QED) is 0.199. The van der Waals surface area contributed by atoms with E-state index in [0.717, 1.165) is 23.1 Å². The largest absolute Gasteiger partial charge is 0.352 e. The second-order valence-corrected chi connectivity index (χ2v) is 13.0. The molecule has 0 aliphatic heterocycles. The first kappa shape index (κ1) is 32.5. The molecule has 1 N–H and O–H groups in total. The Labute approximate surface area is 261 Å². The Morgan fingerprint density at radius 2 is 1.36 bits per heavy atom. The lowest BCUT2D eigenvalue weighted by Gasteiger charge is -2.34. The number of anilines is 1. The maximum atomic E-state index is 14.5. The minimum atomic E-state index is -4.14. The first-order valence-electron chi connectivity index (χ1n) is 14.9. The van der Waals surface area contributed by atoms with E-state index in [0.29, 0.717) is 11.3 Å². The van der Waals surface area contributed by atoms with E-state index < -0.39 is 28.5 Å². The van der Waals surface area contributed by atoms with Gasteiger partial charge < -0.3 is 10.2 Å². The van der Waals surface area contributed by atoms with Crippen molar-refractivity contribution < 1.29 is 18.0 Å². The molecule has 0 saturated heterocycles. The van der Waals surface area contributed by atoms with Gasteiger partial charge in [-0.15, -0.1) is 0 Å². The molecule has 0 unspecified atom stereocenters. The average molecular weight is 612 g/mol. The lowest BCUT2D eigenvalue weighted by molar-refractivity contribution is -0.140. The van der Waals surface area contributed by atoms with Crippen LogP contribution in [0.3, 0.4) is 0 Å². The van der Waals surface area contributed by atoms with Gasteiger partial charge in [0.25, 0.3) is 10.0 Å². The van der Waals surface area contributed by atoms with Crippen molar-refractivity contribution in [3.63, 3.8) is 0 Å². The molecule has 0 spiro atoms. The van der Waals surface area contributed by atoms with E-state index in [1.807, 2.05) is 100 Å². The minimum Gasteiger partial charge on any atom is -0.352 e. The van der Waals surface area contributed by atoms with E-state index >= 15 is 0 Å². The molecule has 2 atom stereocenters. The van der Waals surface area contributed by atoms with Crippen LogP contribution in [-0.4, -0.2) is 43.8 Å². The standard InChI is InChI=1S/C36H41N3O4S/c1-5-29(4)37-36(41)34(24-30-15-9-6-10-16-30)38(25-31-17-11-7-12-18-31)35(40)26-39(33-23-27(2)21-22-28(33)3)44(42,43)32-19-13-8-14-20-32/h6-23,29,34H,5,24-26H2,1-4H3,(H,37,41)/t29-,34-/m1/s1. The summed E-state index contributed by atoms with van der Waals surface area (Å²) >= 11 is 0. The Morgan fingerprint density at radius 3 is 1.95 bits per heavy atom. The molecule has 0 aliphatic rings. The van der Waals surface area contributed by atoms with Crippen LogP contribution in [0.2, 0.25) is 0 Å². The van der Waals surface area contributed by atoms with Crippen molar-refractivity contribution in [2.75, 3.05) is 10.8 Å². The lowest BCUT2D eigenvalue weighted by Crippen LogP contribution is -2.54. The zero-order valence-corrected chi connectivity index (χ0v) is 26.6. The Balaban J connectivity index is 1.82. The summed E-state index contributed by atoms with van der Waals surface area (Å²) in [4.78, 5) is 30.0. The lowest BCUT2D eigenvalue weighted by atomic mass is 10.0. The van der Waals surface area contributed by atoms with E-state index in [1.54, 1.807) is 24.3 Å². The average Bonchev–Trinajstić information content (AvgIpc) is 3.03. The zero-order valence-electron chi connectivity index (χ0n) is 25.8. The van der Waals surface area contributed by atoms with Gasteiger partial charge in [-0.2, -0.15) is 0 Å². The number of rotatable bonds is 13. The van der Waals surface area contributed by atoms with Gasteiger partial charge in [0.15, 0.2) is 0 Å². The normalized spacial score (nSPS) is 12.6. The molecule has 0 saturated carbocycles. The molecular weight excluding hydrogens is 570 g/mol. The van der Waals surface area contributed by atoms with Gasteiger partial charge in [0.2, 0.25) is 11.8 Å². The third-order valence-corrected chi connectivity index (χ3v) is 9.49. The van der Waals surface area contributed by atoms with Crippen LogP contribution in [0.15, 0.2) is 114 Å². The van der Waals surface area contributed by atoms with Crippen LogP contribution in [0.25, 0.3) is 0 Å². The second-order valence-electron chi connectivity index (χ2n) is 11.1. The number of aryl methyl sites for hydroxylation is 2. The predicted molar refractivity (Wildman–Crippen MR) is 176 cm³/mol. The van der Waals surface area contributed by atoms with Crippen molar-refractivity contribution in [2.24, 2.45) is 0 Å². The van der Waals surface area contributed by atoms with E-state index in [4.69, 9.17) is 0 Å². The number of benzene rings is 4. The van der Waals surface area contributed by atoms with Crippen molar-refractivity contribution >= 4 is 27.5 Å². The molecule has 4 aromatic carbocycles. The van der Waals surface area contributed by atoms with Crippen LogP contribution >= 0.6 is 0 Å². The van der Waals surface area contributed by atoms with E-state index in [9.17, 15) is 18.0 Å². The highest BCUT2D eigenvalue weighted by Gasteiger charge is 2.35. The van der Waals surface area contributed by atoms with Crippen LogP contribution < -0.4 is 9.62 Å². The number of nitrogens with one attached hydrogen (secondary N) is 1. The molecule has 2 amide bonds. The molecule has 0 aliphatic carbocycles. The fourth-order valence-electron chi connectivity index (χ4n) is 5.00. The van der Waals surface area contributed by atoms with Crippen molar-refractivity contribution in [2.45, 2.75) is 64.1 Å². The summed E-state index contributed by atoms with van der Waals surface area (Å²) < 4.78 is 29.5. The molecule has 4 rings (SSSR count). The van der Waals surface area contributed by atoms with E-state index in [1.165, 1.54) is 21.3 Å².